The van der Waals surface area contributed by atoms with E-state index in [4.69, 9.17) is 4.74 Å². The number of carbonyl (C=O) groups excluding carboxylic acids is 1. The normalized spacial score (nSPS) is 10.6. The summed E-state index contributed by atoms with van der Waals surface area (Å²) < 4.78 is 18.7. The minimum absolute atomic E-state index is 0.0133. The first-order chi connectivity index (χ1) is 10.5. The molecule has 0 aliphatic carbocycles. The summed E-state index contributed by atoms with van der Waals surface area (Å²) in [5, 5.41) is 0. The van der Waals surface area contributed by atoms with Crippen LogP contribution in [0.25, 0.3) is 0 Å². The molecule has 0 fully saturated rings. The second-order valence-electron chi connectivity index (χ2n) is 5.36. The molecule has 0 N–H and O–H groups in total. The third-order valence-electron chi connectivity index (χ3n) is 3.47. The van der Waals surface area contributed by atoms with Crippen LogP contribution < -0.4 is 4.74 Å². The van der Waals surface area contributed by atoms with E-state index in [0.717, 1.165) is 5.56 Å². The Balaban J connectivity index is 2.33. The second-order valence-corrected chi connectivity index (χ2v) is 5.36. The summed E-state index contributed by atoms with van der Waals surface area (Å²) in [4.78, 5) is 14.5. The molecule has 0 aromatic heterocycles. The van der Waals surface area contributed by atoms with Gasteiger partial charge in [0, 0.05) is 12.6 Å². The SMILES string of the molecule is COc1ccc(F)cc1C(=O)N(Cc1ccccc1)C(C)C. The van der Waals surface area contributed by atoms with E-state index in [1.165, 1.54) is 25.3 Å². The summed E-state index contributed by atoms with van der Waals surface area (Å²) >= 11 is 0. The highest BCUT2D eigenvalue weighted by Crippen LogP contribution is 2.23. The number of ether oxygens (including phenoxy) is 1. The van der Waals surface area contributed by atoms with Gasteiger partial charge in [-0.2, -0.15) is 0 Å². The summed E-state index contributed by atoms with van der Waals surface area (Å²) in [7, 11) is 1.47. The summed E-state index contributed by atoms with van der Waals surface area (Å²) in [5.41, 5.74) is 1.27. The topological polar surface area (TPSA) is 29.5 Å². The lowest BCUT2D eigenvalue weighted by Gasteiger charge is -2.27. The second kappa shape index (κ2) is 7.07. The molecule has 0 aliphatic rings. The number of methoxy groups -OCH3 is 1. The van der Waals surface area contributed by atoms with Gasteiger partial charge in [-0.25, -0.2) is 4.39 Å². The maximum atomic E-state index is 13.5. The van der Waals surface area contributed by atoms with E-state index < -0.39 is 5.82 Å². The molecule has 22 heavy (non-hydrogen) atoms. The highest BCUT2D eigenvalue weighted by atomic mass is 19.1. The van der Waals surface area contributed by atoms with E-state index in [-0.39, 0.29) is 17.5 Å². The van der Waals surface area contributed by atoms with Crippen LogP contribution >= 0.6 is 0 Å². The lowest BCUT2D eigenvalue weighted by Crippen LogP contribution is -2.36. The van der Waals surface area contributed by atoms with Crippen LogP contribution in [0.4, 0.5) is 4.39 Å². The van der Waals surface area contributed by atoms with Gasteiger partial charge < -0.3 is 9.64 Å². The third-order valence-corrected chi connectivity index (χ3v) is 3.47. The van der Waals surface area contributed by atoms with Gasteiger partial charge >= 0.3 is 0 Å². The Hall–Kier alpha value is -2.36. The minimum Gasteiger partial charge on any atom is -0.496 e. The number of rotatable bonds is 5. The first-order valence-electron chi connectivity index (χ1n) is 7.21. The van der Waals surface area contributed by atoms with Crippen LogP contribution in [0.3, 0.4) is 0 Å². The fourth-order valence-electron chi connectivity index (χ4n) is 2.27. The standard InChI is InChI=1S/C18H20FNO2/c1-13(2)20(12-14-7-5-4-6-8-14)18(21)16-11-15(19)9-10-17(16)22-3/h4-11,13H,12H2,1-3H3. The van der Waals surface area contributed by atoms with E-state index in [0.29, 0.717) is 12.3 Å². The number of benzene rings is 2. The predicted molar refractivity (Wildman–Crippen MR) is 84.4 cm³/mol. The lowest BCUT2D eigenvalue weighted by molar-refractivity contribution is 0.0686. The zero-order valence-corrected chi connectivity index (χ0v) is 13.0. The molecule has 2 rings (SSSR count). The molecule has 2 aromatic carbocycles. The predicted octanol–water partition coefficient (Wildman–Crippen LogP) is 3.89. The smallest absolute Gasteiger partial charge is 0.258 e. The molecule has 0 radical (unpaired) electrons. The Kier molecular flexibility index (Phi) is 5.15. The largest absolute Gasteiger partial charge is 0.496 e. The van der Waals surface area contributed by atoms with Gasteiger partial charge in [-0.1, -0.05) is 30.3 Å². The number of nitrogens with zero attached hydrogens (tertiary/aromatic N) is 1. The average Bonchev–Trinajstić information content (AvgIpc) is 2.52. The minimum atomic E-state index is -0.451. The lowest BCUT2D eigenvalue weighted by atomic mass is 10.1. The molecule has 1 amide bonds. The van der Waals surface area contributed by atoms with Crippen LogP contribution in [-0.4, -0.2) is 24.0 Å². The number of carbonyl (C=O) groups is 1. The molecule has 4 heteroatoms. The van der Waals surface area contributed by atoms with Crippen LogP contribution in [0.2, 0.25) is 0 Å². The van der Waals surface area contributed by atoms with Crippen molar-refractivity contribution in [3.05, 3.63) is 65.5 Å². The molecule has 0 spiro atoms. The van der Waals surface area contributed by atoms with E-state index in [9.17, 15) is 9.18 Å². The zero-order valence-electron chi connectivity index (χ0n) is 13.0. The maximum Gasteiger partial charge on any atom is 0.258 e. The van der Waals surface area contributed by atoms with Crippen molar-refractivity contribution in [3.63, 3.8) is 0 Å². The van der Waals surface area contributed by atoms with Gasteiger partial charge in [-0.3, -0.25) is 4.79 Å². The van der Waals surface area contributed by atoms with Crippen LogP contribution in [0, 0.1) is 5.82 Å². The fraction of sp³-hybridized carbons (Fsp3) is 0.278. The molecule has 0 saturated carbocycles. The van der Waals surface area contributed by atoms with Gasteiger partial charge in [-0.15, -0.1) is 0 Å². The van der Waals surface area contributed by atoms with Gasteiger partial charge in [0.1, 0.15) is 11.6 Å². The quantitative estimate of drug-likeness (QED) is 0.838. The van der Waals surface area contributed by atoms with E-state index >= 15 is 0 Å². The molecule has 0 bridgehead atoms. The summed E-state index contributed by atoms with van der Waals surface area (Å²) in [6.45, 7) is 4.34. The molecule has 3 nitrogen and oxygen atoms in total. The number of hydrogen-bond donors (Lipinski definition) is 0. The molecule has 0 saturated heterocycles. The summed E-state index contributed by atoms with van der Waals surface area (Å²) in [5.74, 6) is -0.312. The molecule has 0 aliphatic heterocycles. The monoisotopic (exact) mass is 301 g/mol. The first-order valence-corrected chi connectivity index (χ1v) is 7.21. The van der Waals surface area contributed by atoms with Crippen molar-refractivity contribution < 1.29 is 13.9 Å². The summed E-state index contributed by atoms with van der Waals surface area (Å²) in [6.07, 6.45) is 0. The Morgan fingerprint density at radius 1 is 1.18 bits per heavy atom. The van der Waals surface area contributed by atoms with E-state index in [2.05, 4.69) is 0 Å². The molecular formula is C18H20FNO2. The Morgan fingerprint density at radius 2 is 1.86 bits per heavy atom. The van der Waals surface area contributed by atoms with Crippen molar-refractivity contribution in [3.8, 4) is 5.75 Å². The van der Waals surface area contributed by atoms with Crippen molar-refractivity contribution in [1.29, 1.82) is 0 Å². The van der Waals surface area contributed by atoms with Crippen LogP contribution in [0.1, 0.15) is 29.8 Å². The number of hydrogen-bond acceptors (Lipinski definition) is 2. The van der Waals surface area contributed by atoms with Crippen molar-refractivity contribution in [2.45, 2.75) is 26.4 Å². The molecule has 0 unspecified atom stereocenters. The van der Waals surface area contributed by atoms with Gasteiger partial charge in [-0.05, 0) is 37.6 Å². The van der Waals surface area contributed by atoms with Crippen molar-refractivity contribution >= 4 is 5.91 Å². The zero-order chi connectivity index (χ0) is 16.1. The molecule has 0 atom stereocenters. The molecule has 116 valence electrons. The van der Waals surface area contributed by atoms with E-state index in [1.54, 1.807) is 4.90 Å². The Morgan fingerprint density at radius 3 is 2.45 bits per heavy atom. The van der Waals surface area contributed by atoms with E-state index in [1.807, 2.05) is 44.2 Å². The number of amides is 1. The highest BCUT2D eigenvalue weighted by molar-refractivity contribution is 5.97. The third kappa shape index (κ3) is 3.64. The van der Waals surface area contributed by atoms with Gasteiger partial charge in [0.15, 0.2) is 0 Å². The van der Waals surface area contributed by atoms with Crippen molar-refractivity contribution in [2.75, 3.05) is 7.11 Å². The average molecular weight is 301 g/mol. The van der Waals surface area contributed by atoms with Gasteiger partial charge in [0.05, 0.1) is 12.7 Å². The first kappa shape index (κ1) is 16.0. The van der Waals surface area contributed by atoms with Gasteiger partial charge in [0.2, 0.25) is 0 Å². The fourth-order valence-corrected chi connectivity index (χ4v) is 2.27. The van der Waals surface area contributed by atoms with Crippen LogP contribution in [0.5, 0.6) is 5.75 Å². The van der Waals surface area contributed by atoms with Gasteiger partial charge in [0.25, 0.3) is 5.91 Å². The molecule has 2 aromatic rings. The maximum absolute atomic E-state index is 13.5. The van der Waals surface area contributed by atoms with Crippen LogP contribution in [-0.2, 0) is 6.54 Å². The van der Waals surface area contributed by atoms with Crippen molar-refractivity contribution in [1.82, 2.24) is 4.90 Å². The summed E-state index contributed by atoms with van der Waals surface area (Å²) in [6, 6.07) is 13.7. The molecular weight excluding hydrogens is 281 g/mol. The highest BCUT2D eigenvalue weighted by Gasteiger charge is 2.22. The Bertz CT molecular complexity index is 641. The van der Waals surface area contributed by atoms with Crippen LogP contribution in [0.15, 0.2) is 48.5 Å². The van der Waals surface area contributed by atoms with Crippen molar-refractivity contribution in [2.24, 2.45) is 0 Å². The number of halogens is 1. The molecule has 0 heterocycles. The Labute approximate surface area is 130 Å².